The molecule has 0 atom stereocenters. The molecule has 0 radical (unpaired) electrons. The van der Waals surface area contributed by atoms with E-state index >= 15 is 0 Å². The van der Waals surface area contributed by atoms with Crippen molar-refractivity contribution in [2.24, 2.45) is 0 Å². The second-order valence-corrected chi connectivity index (χ2v) is 7.34. The van der Waals surface area contributed by atoms with E-state index in [2.05, 4.69) is 12.1 Å². The quantitative estimate of drug-likeness (QED) is 0.802. The zero-order chi connectivity index (χ0) is 16.8. The number of quaternary nitrogens is 2. The molecule has 1 heterocycles. The fourth-order valence-corrected chi connectivity index (χ4v) is 4.41. The summed E-state index contributed by atoms with van der Waals surface area (Å²) in [5, 5.41) is 0. The van der Waals surface area contributed by atoms with Gasteiger partial charge in [-0.15, -0.1) is 0 Å². The number of hydrogen-bond donors (Lipinski definition) is 2. The summed E-state index contributed by atoms with van der Waals surface area (Å²) in [6, 6.07) is 7.35. The highest BCUT2D eigenvalue weighted by molar-refractivity contribution is 5.42. The summed E-state index contributed by atoms with van der Waals surface area (Å²) in [5.41, 5.74) is 1.36. The third kappa shape index (κ3) is 4.42. The summed E-state index contributed by atoms with van der Waals surface area (Å²) < 4.78 is 11.1. The number of benzene rings is 1. The lowest BCUT2D eigenvalue weighted by Crippen LogP contribution is -3.29. The Hall–Kier alpha value is -1.26. The van der Waals surface area contributed by atoms with E-state index in [-0.39, 0.29) is 0 Å². The van der Waals surface area contributed by atoms with Gasteiger partial charge in [-0.2, -0.15) is 0 Å². The first-order valence-electron chi connectivity index (χ1n) is 9.78. The van der Waals surface area contributed by atoms with E-state index in [0.717, 1.165) is 24.1 Å². The number of nitrogens with one attached hydrogen (secondary N) is 2. The average Bonchev–Trinajstić information content (AvgIpc) is 2.64. The van der Waals surface area contributed by atoms with Crippen molar-refractivity contribution >= 4 is 0 Å². The third-order valence-electron chi connectivity index (χ3n) is 5.76. The molecule has 0 spiro atoms. The molecule has 0 amide bonds. The Kier molecular flexibility index (Phi) is 6.38. The predicted molar refractivity (Wildman–Crippen MR) is 96.1 cm³/mol. The molecule has 3 rings (SSSR count). The van der Waals surface area contributed by atoms with Crippen molar-refractivity contribution in [2.45, 2.75) is 51.6 Å². The molecule has 2 N–H and O–H groups in total. The van der Waals surface area contributed by atoms with Gasteiger partial charge in [-0.3, -0.25) is 0 Å². The molecule has 1 aliphatic carbocycles. The maximum atomic E-state index is 5.72. The van der Waals surface area contributed by atoms with Crippen molar-refractivity contribution in [3.8, 4) is 11.5 Å². The van der Waals surface area contributed by atoms with Crippen LogP contribution in [0.5, 0.6) is 11.5 Å². The molecule has 2 fully saturated rings. The monoisotopic (exact) mass is 334 g/mol. The lowest BCUT2D eigenvalue weighted by Gasteiger charge is -2.36. The van der Waals surface area contributed by atoms with Crippen LogP contribution in [0.25, 0.3) is 0 Å². The number of ether oxygens (including phenoxy) is 2. The first kappa shape index (κ1) is 17.6. The highest BCUT2D eigenvalue weighted by Crippen LogP contribution is 2.27. The summed E-state index contributed by atoms with van der Waals surface area (Å²) >= 11 is 0. The van der Waals surface area contributed by atoms with Crippen molar-refractivity contribution < 1.29 is 19.3 Å². The van der Waals surface area contributed by atoms with E-state index < -0.39 is 0 Å². The Morgan fingerprint density at radius 3 is 2.42 bits per heavy atom. The van der Waals surface area contributed by atoms with Crippen molar-refractivity contribution in [1.29, 1.82) is 0 Å². The van der Waals surface area contributed by atoms with Crippen LogP contribution in [0.2, 0.25) is 0 Å². The van der Waals surface area contributed by atoms with Gasteiger partial charge in [-0.1, -0.05) is 6.42 Å². The number of hydrogen-bond acceptors (Lipinski definition) is 2. The third-order valence-corrected chi connectivity index (χ3v) is 5.76. The molecule has 4 nitrogen and oxygen atoms in total. The number of methoxy groups -OCH3 is 1. The van der Waals surface area contributed by atoms with Crippen LogP contribution in [-0.2, 0) is 6.54 Å². The smallest absolute Gasteiger partial charge is 0.161 e. The fraction of sp³-hybridized carbons (Fsp3) is 0.700. The van der Waals surface area contributed by atoms with Crippen LogP contribution in [0.4, 0.5) is 0 Å². The van der Waals surface area contributed by atoms with Gasteiger partial charge in [-0.25, -0.2) is 0 Å². The first-order chi connectivity index (χ1) is 11.8. The average molecular weight is 335 g/mol. The second-order valence-electron chi connectivity index (χ2n) is 7.34. The minimum Gasteiger partial charge on any atom is -0.493 e. The van der Waals surface area contributed by atoms with Gasteiger partial charge in [0, 0.05) is 5.56 Å². The molecule has 24 heavy (non-hydrogen) atoms. The van der Waals surface area contributed by atoms with Crippen LogP contribution in [0.1, 0.15) is 44.6 Å². The molecule has 1 aliphatic heterocycles. The van der Waals surface area contributed by atoms with E-state index in [0.29, 0.717) is 6.61 Å². The van der Waals surface area contributed by atoms with Crippen molar-refractivity contribution in [2.75, 3.05) is 39.9 Å². The highest BCUT2D eigenvalue weighted by Gasteiger charge is 2.30. The van der Waals surface area contributed by atoms with Crippen LogP contribution in [0.15, 0.2) is 18.2 Å². The van der Waals surface area contributed by atoms with Crippen LogP contribution in [0.3, 0.4) is 0 Å². The molecule has 4 heteroatoms. The molecule has 1 aromatic carbocycles. The summed E-state index contributed by atoms with van der Waals surface area (Å²) in [4.78, 5) is 3.59. The summed E-state index contributed by atoms with van der Waals surface area (Å²) in [6.45, 7) is 9.06. The number of rotatable bonds is 6. The molecule has 1 saturated carbocycles. The van der Waals surface area contributed by atoms with Crippen LogP contribution in [0, 0.1) is 0 Å². The van der Waals surface area contributed by atoms with Crippen LogP contribution >= 0.6 is 0 Å². The van der Waals surface area contributed by atoms with Gasteiger partial charge in [-0.05, 0) is 50.8 Å². The lowest BCUT2D eigenvalue weighted by molar-refractivity contribution is -1.03. The van der Waals surface area contributed by atoms with E-state index in [1.807, 2.05) is 17.9 Å². The van der Waals surface area contributed by atoms with Gasteiger partial charge in [0.15, 0.2) is 11.5 Å². The topological polar surface area (TPSA) is 27.3 Å². The molecular formula is C20H34N2O2+2. The molecule has 1 aromatic rings. The predicted octanol–water partition coefficient (Wildman–Crippen LogP) is 0.710. The van der Waals surface area contributed by atoms with Crippen LogP contribution < -0.4 is 19.3 Å². The Bertz CT molecular complexity index is 506. The van der Waals surface area contributed by atoms with Gasteiger partial charge >= 0.3 is 0 Å². The molecular weight excluding hydrogens is 300 g/mol. The largest absolute Gasteiger partial charge is 0.493 e. The Balaban J connectivity index is 1.53. The van der Waals surface area contributed by atoms with Crippen molar-refractivity contribution in [1.82, 2.24) is 0 Å². The van der Waals surface area contributed by atoms with E-state index in [4.69, 9.17) is 9.47 Å². The summed E-state index contributed by atoms with van der Waals surface area (Å²) in [6.07, 6.45) is 7.29. The van der Waals surface area contributed by atoms with Gasteiger partial charge in [0.2, 0.25) is 0 Å². The second kappa shape index (κ2) is 8.72. The lowest BCUT2D eigenvalue weighted by atomic mass is 9.94. The molecule has 0 aromatic heterocycles. The SMILES string of the molecule is CCOc1cc(C[NH+]2CC[NH+](C3CCCCC3)CC2)ccc1OC. The van der Waals surface area contributed by atoms with E-state index in [9.17, 15) is 0 Å². The van der Waals surface area contributed by atoms with Gasteiger partial charge in [0.05, 0.1) is 19.8 Å². The maximum Gasteiger partial charge on any atom is 0.161 e. The van der Waals surface area contributed by atoms with Gasteiger partial charge in [0.25, 0.3) is 0 Å². The number of piperazine rings is 1. The first-order valence-corrected chi connectivity index (χ1v) is 9.78. The Morgan fingerprint density at radius 1 is 1.00 bits per heavy atom. The summed E-state index contributed by atoms with van der Waals surface area (Å²) in [7, 11) is 1.70. The fourth-order valence-electron chi connectivity index (χ4n) is 4.41. The van der Waals surface area contributed by atoms with Gasteiger partial charge in [0.1, 0.15) is 32.7 Å². The molecule has 1 saturated heterocycles. The standard InChI is InChI=1S/C20H32N2O2/c1-3-24-20-15-17(9-10-19(20)23-2)16-21-11-13-22(14-12-21)18-7-5-4-6-8-18/h9-10,15,18H,3-8,11-14,16H2,1-2H3/p+2. The van der Waals surface area contributed by atoms with Crippen molar-refractivity contribution in [3.05, 3.63) is 23.8 Å². The zero-order valence-corrected chi connectivity index (χ0v) is 15.4. The summed E-state index contributed by atoms with van der Waals surface area (Å²) in [5.74, 6) is 1.71. The zero-order valence-electron chi connectivity index (χ0n) is 15.4. The molecule has 0 bridgehead atoms. The minimum absolute atomic E-state index is 0.677. The highest BCUT2D eigenvalue weighted by atomic mass is 16.5. The normalized spacial score (nSPS) is 25.4. The maximum absolute atomic E-state index is 5.72. The van der Waals surface area contributed by atoms with Crippen LogP contribution in [-0.4, -0.2) is 45.9 Å². The molecule has 134 valence electrons. The Labute approximate surface area is 146 Å². The van der Waals surface area contributed by atoms with Gasteiger partial charge < -0.3 is 19.3 Å². The molecule has 0 unspecified atom stereocenters. The van der Waals surface area contributed by atoms with E-state index in [1.165, 1.54) is 63.8 Å². The van der Waals surface area contributed by atoms with Crippen molar-refractivity contribution in [3.63, 3.8) is 0 Å². The Morgan fingerprint density at radius 2 is 1.75 bits per heavy atom. The minimum atomic E-state index is 0.677. The molecule has 2 aliphatic rings. The van der Waals surface area contributed by atoms with E-state index in [1.54, 1.807) is 12.0 Å².